The van der Waals surface area contributed by atoms with Gasteiger partial charge < -0.3 is 9.84 Å². The van der Waals surface area contributed by atoms with Crippen LogP contribution in [0.15, 0.2) is 18.2 Å². The van der Waals surface area contributed by atoms with Crippen LogP contribution >= 0.6 is 0 Å². The molecule has 1 aromatic rings. The van der Waals surface area contributed by atoms with Crippen molar-refractivity contribution in [3.63, 3.8) is 0 Å². The summed E-state index contributed by atoms with van der Waals surface area (Å²) >= 11 is 0. The van der Waals surface area contributed by atoms with Crippen molar-refractivity contribution in [3.05, 3.63) is 29.3 Å². The summed E-state index contributed by atoms with van der Waals surface area (Å²) in [5.74, 6) is 1.60. The molecule has 1 saturated carbocycles. The zero-order valence-electron chi connectivity index (χ0n) is 13.4. The zero-order chi connectivity index (χ0) is 14.9. The highest BCUT2D eigenvalue weighted by molar-refractivity contribution is 5.44. The molecule has 1 atom stereocenters. The lowest BCUT2D eigenvalue weighted by molar-refractivity contribution is 0.00890. The van der Waals surface area contributed by atoms with Crippen LogP contribution in [0.25, 0.3) is 0 Å². The lowest BCUT2D eigenvalue weighted by Gasteiger charge is -2.37. The normalized spacial score (nSPS) is 21.9. The number of fused-ring (bicyclic) bond motifs is 1. The van der Waals surface area contributed by atoms with Gasteiger partial charge >= 0.3 is 0 Å². The van der Waals surface area contributed by atoms with Gasteiger partial charge in [0.15, 0.2) is 0 Å². The summed E-state index contributed by atoms with van der Waals surface area (Å²) in [6, 6.07) is 6.31. The maximum Gasteiger partial charge on any atom is 0.128 e. The maximum atomic E-state index is 11.2. The number of hydrogen-bond acceptors (Lipinski definition) is 2. The number of para-hydroxylation sites is 1. The monoisotopic (exact) mass is 288 g/mol. The van der Waals surface area contributed by atoms with Gasteiger partial charge in [-0.2, -0.15) is 0 Å². The summed E-state index contributed by atoms with van der Waals surface area (Å²) in [5, 5.41) is 11.2. The van der Waals surface area contributed by atoms with Gasteiger partial charge in [0.2, 0.25) is 0 Å². The SMILES string of the molecule is CC(C)CC1(C(O)c2cccc3c2OCCC3)CCCC1. The minimum Gasteiger partial charge on any atom is -0.493 e. The molecule has 116 valence electrons. The molecule has 0 aromatic heterocycles. The molecule has 2 nitrogen and oxygen atoms in total. The average Bonchev–Trinajstić information content (AvgIpc) is 2.95. The van der Waals surface area contributed by atoms with Gasteiger partial charge in [-0.1, -0.05) is 44.9 Å². The van der Waals surface area contributed by atoms with Crippen LogP contribution < -0.4 is 4.74 Å². The number of rotatable bonds is 4. The number of hydrogen-bond donors (Lipinski definition) is 1. The lowest BCUT2D eigenvalue weighted by atomic mass is 9.71. The molecule has 3 rings (SSSR count). The van der Waals surface area contributed by atoms with Crippen LogP contribution in [0.2, 0.25) is 0 Å². The highest BCUT2D eigenvalue weighted by atomic mass is 16.5. The quantitative estimate of drug-likeness (QED) is 0.873. The Morgan fingerprint density at radius 2 is 1.95 bits per heavy atom. The van der Waals surface area contributed by atoms with Crippen molar-refractivity contribution in [3.8, 4) is 5.75 Å². The molecule has 0 saturated heterocycles. The van der Waals surface area contributed by atoms with E-state index in [1.54, 1.807) is 0 Å². The highest BCUT2D eigenvalue weighted by Crippen LogP contribution is 2.53. The van der Waals surface area contributed by atoms with Crippen molar-refractivity contribution in [1.29, 1.82) is 0 Å². The molecule has 1 unspecified atom stereocenters. The standard InChI is InChI=1S/C19H28O2/c1-14(2)13-19(10-3-4-11-19)18(20)16-9-5-7-15-8-6-12-21-17(15)16/h5,7,9,14,18,20H,3-4,6,8,10-13H2,1-2H3. The first-order valence-corrected chi connectivity index (χ1v) is 8.55. The van der Waals surface area contributed by atoms with E-state index in [2.05, 4.69) is 32.0 Å². The number of aliphatic hydroxyl groups is 1. The van der Waals surface area contributed by atoms with Crippen LogP contribution in [0.3, 0.4) is 0 Å². The Balaban J connectivity index is 1.95. The van der Waals surface area contributed by atoms with Crippen molar-refractivity contribution in [2.45, 2.75) is 64.9 Å². The first kappa shape index (κ1) is 14.9. The van der Waals surface area contributed by atoms with E-state index in [0.717, 1.165) is 50.0 Å². The smallest absolute Gasteiger partial charge is 0.128 e. The molecule has 1 N–H and O–H groups in total. The second kappa shape index (κ2) is 6.00. The van der Waals surface area contributed by atoms with Gasteiger partial charge in [-0.25, -0.2) is 0 Å². The molecule has 0 amide bonds. The van der Waals surface area contributed by atoms with Gasteiger partial charge in [0.25, 0.3) is 0 Å². The molecule has 1 aromatic carbocycles. The van der Waals surface area contributed by atoms with Gasteiger partial charge in [-0.15, -0.1) is 0 Å². The summed E-state index contributed by atoms with van der Waals surface area (Å²) in [6.07, 6.45) is 7.69. The predicted molar refractivity (Wildman–Crippen MR) is 85.6 cm³/mol. The molecule has 2 heteroatoms. The molecule has 0 radical (unpaired) electrons. The van der Waals surface area contributed by atoms with E-state index in [9.17, 15) is 5.11 Å². The van der Waals surface area contributed by atoms with E-state index in [1.807, 2.05) is 0 Å². The number of ether oxygens (including phenoxy) is 1. The third-order valence-corrected chi connectivity index (χ3v) is 5.25. The van der Waals surface area contributed by atoms with Crippen LogP contribution in [-0.4, -0.2) is 11.7 Å². The zero-order valence-corrected chi connectivity index (χ0v) is 13.4. The topological polar surface area (TPSA) is 29.5 Å². The van der Waals surface area contributed by atoms with Crippen LogP contribution in [0, 0.1) is 11.3 Å². The van der Waals surface area contributed by atoms with Crippen molar-refractivity contribution < 1.29 is 9.84 Å². The molecular weight excluding hydrogens is 260 g/mol. The van der Waals surface area contributed by atoms with Gasteiger partial charge in [0, 0.05) is 11.0 Å². The van der Waals surface area contributed by atoms with E-state index in [-0.39, 0.29) is 11.5 Å². The summed E-state index contributed by atoms with van der Waals surface area (Å²) < 4.78 is 5.93. The third-order valence-electron chi connectivity index (χ3n) is 5.25. The van der Waals surface area contributed by atoms with E-state index in [4.69, 9.17) is 4.74 Å². The molecule has 1 aliphatic carbocycles. The Morgan fingerprint density at radius 1 is 1.19 bits per heavy atom. The molecule has 21 heavy (non-hydrogen) atoms. The molecule has 2 aliphatic rings. The third kappa shape index (κ3) is 2.83. The molecule has 0 bridgehead atoms. The lowest BCUT2D eigenvalue weighted by Crippen LogP contribution is -2.28. The Kier molecular flexibility index (Phi) is 4.26. The first-order chi connectivity index (χ1) is 10.1. The fraction of sp³-hybridized carbons (Fsp3) is 0.684. The van der Waals surface area contributed by atoms with Crippen molar-refractivity contribution in [1.82, 2.24) is 0 Å². The predicted octanol–water partition coefficient (Wildman–Crippen LogP) is 4.65. The number of benzene rings is 1. The van der Waals surface area contributed by atoms with Gasteiger partial charge in [0.05, 0.1) is 12.7 Å². The fourth-order valence-electron chi connectivity index (χ4n) is 4.44. The van der Waals surface area contributed by atoms with Crippen LogP contribution in [-0.2, 0) is 6.42 Å². The van der Waals surface area contributed by atoms with E-state index in [1.165, 1.54) is 18.4 Å². The Labute approximate surface area is 128 Å². The highest BCUT2D eigenvalue weighted by Gasteiger charge is 2.42. The molecule has 1 fully saturated rings. The van der Waals surface area contributed by atoms with E-state index < -0.39 is 0 Å². The minimum absolute atomic E-state index is 0.0596. The molecule has 0 spiro atoms. The maximum absolute atomic E-state index is 11.2. The largest absolute Gasteiger partial charge is 0.493 e. The molecular formula is C19H28O2. The first-order valence-electron chi connectivity index (χ1n) is 8.55. The summed E-state index contributed by atoms with van der Waals surface area (Å²) in [4.78, 5) is 0. The second-order valence-electron chi connectivity index (χ2n) is 7.36. The van der Waals surface area contributed by atoms with E-state index in [0.29, 0.717) is 5.92 Å². The molecule has 1 aliphatic heterocycles. The van der Waals surface area contributed by atoms with Gasteiger partial charge in [-0.05, 0) is 43.6 Å². The van der Waals surface area contributed by atoms with Crippen molar-refractivity contribution in [2.75, 3.05) is 6.61 Å². The van der Waals surface area contributed by atoms with Crippen molar-refractivity contribution in [2.24, 2.45) is 11.3 Å². The van der Waals surface area contributed by atoms with Gasteiger partial charge in [-0.3, -0.25) is 0 Å². The Hall–Kier alpha value is -1.02. The number of aliphatic hydroxyl groups excluding tert-OH is 1. The fourth-order valence-corrected chi connectivity index (χ4v) is 4.44. The Morgan fingerprint density at radius 3 is 2.67 bits per heavy atom. The molecule has 1 heterocycles. The van der Waals surface area contributed by atoms with E-state index >= 15 is 0 Å². The summed E-state index contributed by atoms with van der Waals surface area (Å²) in [7, 11) is 0. The van der Waals surface area contributed by atoms with Gasteiger partial charge in [0.1, 0.15) is 5.75 Å². The average molecular weight is 288 g/mol. The minimum atomic E-state index is -0.379. The van der Waals surface area contributed by atoms with Crippen LogP contribution in [0.4, 0.5) is 0 Å². The summed E-state index contributed by atoms with van der Waals surface area (Å²) in [6.45, 7) is 5.32. The second-order valence-corrected chi connectivity index (χ2v) is 7.36. The van der Waals surface area contributed by atoms with Crippen LogP contribution in [0.5, 0.6) is 5.75 Å². The van der Waals surface area contributed by atoms with Crippen LogP contribution in [0.1, 0.15) is 69.6 Å². The number of aryl methyl sites for hydroxylation is 1. The summed E-state index contributed by atoms with van der Waals surface area (Å²) in [5.41, 5.74) is 2.37. The van der Waals surface area contributed by atoms with Crippen molar-refractivity contribution >= 4 is 0 Å². The Bertz CT molecular complexity index is 486.